The topological polar surface area (TPSA) is 77.2 Å². The zero-order valence-electron chi connectivity index (χ0n) is 11.7. The van der Waals surface area contributed by atoms with Crippen LogP contribution in [0, 0.1) is 11.8 Å². The molecule has 0 atom stereocenters. The van der Waals surface area contributed by atoms with E-state index in [1.807, 2.05) is 30.3 Å². The molecule has 0 bridgehead atoms. The molecule has 0 unspecified atom stereocenters. The van der Waals surface area contributed by atoms with Gasteiger partial charge in [-0.15, -0.1) is 0 Å². The number of carbonyl (C=O) groups excluding carboxylic acids is 1. The number of benzene rings is 1. The maximum absolute atomic E-state index is 11.5. The van der Waals surface area contributed by atoms with Gasteiger partial charge < -0.3 is 15.8 Å². The third-order valence-corrected chi connectivity index (χ3v) is 2.84. The van der Waals surface area contributed by atoms with E-state index in [1.54, 1.807) is 12.1 Å². The van der Waals surface area contributed by atoms with Crippen LogP contribution in [0.5, 0.6) is 0 Å². The Hall–Kier alpha value is -2.71. The van der Waals surface area contributed by atoms with Gasteiger partial charge in [0.2, 0.25) is 0 Å². The molecule has 1 aromatic carbocycles. The molecule has 0 radical (unpaired) electrons. The van der Waals surface area contributed by atoms with Crippen molar-refractivity contribution in [1.29, 1.82) is 0 Å². The van der Waals surface area contributed by atoms with Crippen LogP contribution in [0.15, 0.2) is 42.5 Å². The van der Waals surface area contributed by atoms with Gasteiger partial charge in [0, 0.05) is 0 Å². The third kappa shape index (κ3) is 5.00. The Morgan fingerprint density at radius 1 is 1.27 bits per heavy atom. The van der Waals surface area contributed by atoms with Crippen molar-refractivity contribution in [3.8, 4) is 11.8 Å². The van der Waals surface area contributed by atoms with E-state index in [4.69, 9.17) is 22.1 Å². The summed E-state index contributed by atoms with van der Waals surface area (Å²) in [5, 5.41) is 2.83. The molecule has 112 valence electrons. The highest BCUT2D eigenvalue weighted by atomic mass is 35.5. The molecule has 1 amide bonds. The highest BCUT2D eigenvalue weighted by Crippen LogP contribution is 2.11. The van der Waals surface area contributed by atoms with E-state index in [2.05, 4.69) is 22.1 Å². The minimum atomic E-state index is -0.537. The van der Waals surface area contributed by atoms with Crippen molar-refractivity contribution in [2.75, 3.05) is 12.3 Å². The number of pyridine rings is 1. The Kier molecular flexibility index (Phi) is 5.64. The van der Waals surface area contributed by atoms with Gasteiger partial charge in [-0.05, 0) is 23.6 Å². The molecule has 0 saturated carbocycles. The fraction of sp³-hybridized carbons (Fsp3) is 0.125. The Bertz CT molecular complexity index is 708. The van der Waals surface area contributed by atoms with Crippen LogP contribution in [-0.4, -0.2) is 17.6 Å². The monoisotopic (exact) mass is 315 g/mol. The van der Waals surface area contributed by atoms with E-state index in [0.717, 1.165) is 5.56 Å². The standard InChI is InChI=1S/C16H14ClN3O2/c17-15-9-8-13(18)14(20-15)7-4-10-19-16(21)22-11-12-5-2-1-3-6-12/h1-3,5-6,8-9H,10-11,18H2,(H,19,21). The number of nitrogens with two attached hydrogens (primary N) is 1. The zero-order chi connectivity index (χ0) is 15.8. The molecule has 0 spiro atoms. The van der Waals surface area contributed by atoms with Crippen molar-refractivity contribution in [1.82, 2.24) is 10.3 Å². The van der Waals surface area contributed by atoms with Crippen LogP contribution in [0.1, 0.15) is 11.3 Å². The predicted octanol–water partition coefficient (Wildman–Crippen LogP) is 2.60. The molecule has 2 rings (SSSR count). The Morgan fingerprint density at radius 2 is 2.05 bits per heavy atom. The van der Waals surface area contributed by atoms with Gasteiger partial charge in [-0.1, -0.05) is 47.9 Å². The van der Waals surface area contributed by atoms with Crippen LogP contribution in [0.4, 0.5) is 10.5 Å². The van der Waals surface area contributed by atoms with Gasteiger partial charge >= 0.3 is 6.09 Å². The number of hydrogen-bond donors (Lipinski definition) is 2. The van der Waals surface area contributed by atoms with E-state index in [0.29, 0.717) is 16.5 Å². The molecule has 0 aliphatic heterocycles. The van der Waals surface area contributed by atoms with Crippen molar-refractivity contribution >= 4 is 23.4 Å². The first-order valence-electron chi connectivity index (χ1n) is 6.50. The number of aromatic nitrogens is 1. The SMILES string of the molecule is Nc1ccc(Cl)nc1C#CCNC(=O)OCc1ccccc1. The number of rotatable bonds is 3. The number of nitrogens with zero attached hydrogens (tertiary/aromatic N) is 1. The summed E-state index contributed by atoms with van der Waals surface area (Å²) >= 11 is 5.76. The molecule has 0 aliphatic carbocycles. The van der Waals surface area contributed by atoms with Crippen LogP contribution >= 0.6 is 11.6 Å². The van der Waals surface area contributed by atoms with E-state index in [1.165, 1.54) is 0 Å². The lowest BCUT2D eigenvalue weighted by atomic mass is 10.2. The van der Waals surface area contributed by atoms with Gasteiger partial charge in [-0.2, -0.15) is 0 Å². The second kappa shape index (κ2) is 7.91. The summed E-state index contributed by atoms with van der Waals surface area (Å²) in [6, 6.07) is 12.6. The summed E-state index contributed by atoms with van der Waals surface area (Å²) in [6.07, 6.45) is -0.537. The largest absolute Gasteiger partial charge is 0.445 e. The van der Waals surface area contributed by atoms with Gasteiger partial charge in [0.05, 0.1) is 12.2 Å². The van der Waals surface area contributed by atoms with Crippen LogP contribution in [0.2, 0.25) is 5.15 Å². The normalized spacial score (nSPS) is 9.50. The number of alkyl carbamates (subject to hydrolysis) is 1. The van der Waals surface area contributed by atoms with Crippen molar-refractivity contribution in [3.63, 3.8) is 0 Å². The summed E-state index contributed by atoms with van der Waals surface area (Å²) in [5.74, 6) is 5.48. The second-order valence-electron chi connectivity index (χ2n) is 4.29. The molecule has 3 N–H and O–H groups in total. The summed E-state index contributed by atoms with van der Waals surface area (Å²) in [5.41, 5.74) is 7.44. The minimum absolute atomic E-state index is 0.126. The van der Waals surface area contributed by atoms with Gasteiger partial charge in [-0.3, -0.25) is 0 Å². The second-order valence-corrected chi connectivity index (χ2v) is 4.68. The maximum Gasteiger partial charge on any atom is 0.408 e. The molecule has 2 aromatic rings. The molecule has 1 heterocycles. The first kappa shape index (κ1) is 15.7. The first-order chi connectivity index (χ1) is 10.6. The third-order valence-electron chi connectivity index (χ3n) is 2.63. The number of nitrogens with one attached hydrogen (secondary N) is 1. The fourth-order valence-electron chi connectivity index (χ4n) is 1.56. The quantitative estimate of drug-likeness (QED) is 0.674. The molecule has 0 aliphatic rings. The Balaban J connectivity index is 1.78. The summed E-state index contributed by atoms with van der Waals surface area (Å²) in [7, 11) is 0. The van der Waals surface area contributed by atoms with Gasteiger partial charge in [0.1, 0.15) is 17.5 Å². The molecule has 0 fully saturated rings. The number of anilines is 1. The van der Waals surface area contributed by atoms with Crippen molar-refractivity contribution in [3.05, 3.63) is 58.9 Å². The Labute approximate surface area is 133 Å². The van der Waals surface area contributed by atoms with Crippen LogP contribution < -0.4 is 11.1 Å². The highest BCUT2D eigenvalue weighted by Gasteiger charge is 2.01. The van der Waals surface area contributed by atoms with Crippen LogP contribution in [0.3, 0.4) is 0 Å². The van der Waals surface area contributed by atoms with Crippen LogP contribution in [0.25, 0.3) is 0 Å². The molecule has 1 aromatic heterocycles. The summed E-state index contributed by atoms with van der Waals surface area (Å²) < 4.78 is 5.04. The molecule has 5 nitrogen and oxygen atoms in total. The van der Waals surface area contributed by atoms with E-state index < -0.39 is 6.09 Å². The lowest BCUT2D eigenvalue weighted by Gasteiger charge is -2.04. The molecule has 6 heteroatoms. The maximum atomic E-state index is 11.5. The smallest absolute Gasteiger partial charge is 0.408 e. The van der Waals surface area contributed by atoms with Crippen molar-refractivity contribution in [2.24, 2.45) is 0 Å². The van der Waals surface area contributed by atoms with E-state index in [9.17, 15) is 4.79 Å². The predicted molar refractivity (Wildman–Crippen MR) is 85.2 cm³/mol. The van der Waals surface area contributed by atoms with Crippen molar-refractivity contribution in [2.45, 2.75) is 6.61 Å². The number of halogens is 1. The summed E-state index contributed by atoms with van der Waals surface area (Å²) in [4.78, 5) is 15.5. The average Bonchev–Trinajstić information content (AvgIpc) is 2.53. The zero-order valence-corrected chi connectivity index (χ0v) is 12.4. The lowest BCUT2D eigenvalue weighted by molar-refractivity contribution is 0.141. The fourth-order valence-corrected chi connectivity index (χ4v) is 1.71. The number of carbonyl (C=O) groups is 1. The molecular weight excluding hydrogens is 302 g/mol. The highest BCUT2D eigenvalue weighted by molar-refractivity contribution is 6.29. The minimum Gasteiger partial charge on any atom is -0.445 e. The van der Waals surface area contributed by atoms with E-state index >= 15 is 0 Å². The molecule has 0 saturated heterocycles. The van der Waals surface area contributed by atoms with Crippen LogP contribution in [-0.2, 0) is 11.3 Å². The summed E-state index contributed by atoms with van der Waals surface area (Å²) in [6.45, 7) is 0.337. The number of amides is 1. The van der Waals surface area contributed by atoms with Gasteiger partial charge in [0.25, 0.3) is 0 Å². The molecule has 22 heavy (non-hydrogen) atoms. The Morgan fingerprint density at radius 3 is 2.82 bits per heavy atom. The van der Waals surface area contributed by atoms with Crippen molar-refractivity contribution < 1.29 is 9.53 Å². The number of nitrogen functional groups attached to an aromatic ring is 1. The number of hydrogen-bond acceptors (Lipinski definition) is 4. The van der Waals surface area contributed by atoms with Gasteiger partial charge in [-0.25, -0.2) is 9.78 Å². The average molecular weight is 316 g/mol. The first-order valence-corrected chi connectivity index (χ1v) is 6.88. The molecular formula is C16H14ClN3O2. The van der Waals surface area contributed by atoms with Gasteiger partial charge in [0.15, 0.2) is 0 Å². The van der Waals surface area contributed by atoms with E-state index in [-0.39, 0.29) is 13.2 Å². The number of ether oxygens (including phenoxy) is 1. The lowest BCUT2D eigenvalue weighted by Crippen LogP contribution is -2.24.